The van der Waals surface area contributed by atoms with E-state index >= 15 is 0 Å². The predicted octanol–water partition coefficient (Wildman–Crippen LogP) is -4.03. The Kier molecular flexibility index (Phi) is 12.2. The molecule has 218 valence electrons. The van der Waals surface area contributed by atoms with Crippen LogP contribution in [0.3, 0.4) is 0 Å². The molecule has 1 rings (SSSR count). The Balaban J connectivity index is 2.66. The Morgan fingerprint density at radius 3 is 1.23 bits per heavy atom. The number of carbonyl (C=O) groups is 8. The third-order valence-corrected chi connectivity index (χ3v) is 4.68. The highest BCUT2D eigenvalue weighted by molar-refractivity contribution is 6.01. The zero-order valence-corrected chi connectivity index (χ0v) is 20.5. The van der Waals surface area contributed by atoms with Crippen molar-refractivity contribution in [3.05, 3.63) is 11.4 Å². The number of nitrogens with two attached hydrogens (primary N) is 2. The van der Waals surface area contributed by atoms with Gasteiger partial charge in [-0.2, -0.15) is 0 Å². The molecule has 0 radical (unpaired) electrons. The molecular weight excluding hydrogens is 544 g/mol. The fourth-order valence-corrected chi connectivity index (χ4v) is 2.82. The van der Waals surface area contributed by atoms with Crippen LogP contribution in [-0.4, -0.2) is 103 Å². The van der Waals surface area contributed by atoms with Crippen molar-refractivity contribution < 1.29 is 58.8 Å². The number of carbonyl (C=O) groups excluding carboxylic acids is 4. The second-order valence-corrected chi connectivity index (χ2v) is 7.82. The van der Waals surface area contributed by atoms with Crippen LogP contribution in [0.25, 0.3) is 0 Å². The molecule has 1 aromatic rings. The second-order valence-electron chi connectivity index (χ2n) is 7.82. The molecule has 0 fully saturated rings. The minimum atomic E-state index is -1.67. The lowest BCUT2D eigenvalue weighted by Crippen LogP contribution is -2.43. The largest absolute Gasteiger partial charge is 0.481 e. The van der Waals surface area contributed by atoms with E-state index in [0.717, 1.165) is 0 Å². The molecule has 4 amide bonds. The van der Waals surface area contributed by atoms with Gasteiger partial charge in [0.1, 0.15) is 12.1 Å². The molecule has 0 aliphatic rings. The van der Waals surface area contributed by atoms with Crippen molar-refractivity contribution >= 4 is 59.1 Å². The third kappa shape index (κ3) is 10.8. The molecule has 20 nitrogen and oxygen atoms in total. The molecule has 40 heavy (non-hydrogen) atoms. The number of anilines is 2. The number of carboxylic acid groups (broad SMARTS) is 4. The maximum Gasteiger partial charge on any atom is 0.326 e. The number of nitrogens with one attached hydrogen (secondary N) is 4. The van der Waals surface area contributed by atoms with Crippen molar-refractivity contribution in [2.45, 2.75) is 37.8 Å². The van der Waals surface area contributed by atoms with Crippen LogP contribution < -0.4 is 32.7 Å². The van der Waals surface area contributed by atoms with Gasteiger partial charge in [0.05, 0.1) is 12.8 Å². The molecular formula is C20H26N8O12. The van der Waals surface area contributed by atoms with Gasteiger partial charge < -0.3 is 53.2 Å². The highest BCUT2D eigenvalue weighted by Gasteiger charge is 2.25. The number of aliphatic carboxylic acids is 4. The van der Waals surface area contributed by atoms with Gasteiger partial charge in [0.25, 0.3) is 11.8 Å². The number of aromatic nitrogens is 2. The number of nitrogens with zero attached hydrogens (tertiary/aromatic N) is 2. The topological polar surface area (TPSA) is 343 Å². The number of nitrogen functional groups attached to an aromatic ring is 2. The molecule has 2 atom stereocenters. The first-order valence-electron chi connectivity index (χ1n) is 11.1. The smallest absolute Gasteiger partial charge is 0.326 e. The average Bonchev–Trinajstić information content (AvgIpc) is 2.83. The molecule has 1 unspecified atom stereocenters. The van der Waals surface area contributed by atoms with Crippen molar-refractivity contribution in [3.8, 4) is 0 Å². The molecule has 0 aliphatic carbocycles. The summed E-state index contributed by atoms with van der Waals surface area (Å²) in [6.07, 6.45) is -2.58. The lowest BCUT2D eigenvalue weighted by molar-refractivity contribution is -0.147. The SMILES string of the molecule is Nc1nc(C(=O)NCCC(=O)N[C@H](CC(=O)O)C(=O)O)c(N)nc1C(=O)NCCC(=O)NC(CC(=O)O)C(=O)O. The van der Waals surface area contributed by atoms with Crippen LogP contribution in [0.15, 0.2) is 0 Å². The lowest BCUT2D eigenvalue weighted by Gasteiger charge is -2.13. The molecule has 0 aliphatic heterocycles. The predicted molar refractivity (Wildman–Crippen MR) is 128 cm³/mol. The maximum atomic E-state index is 12.3. The summed E-state index contributed by atoms with van der Waals surface area (Å²) in [5.74, 6) is -10.7. The zero-order valence-electron chi connectivity index (χ0n) is 20.5. The van der Waals surface area contributed by atoms with Gasteiger partial charge in [-0.15, -0.1) is 0 Å². The number of carboxylic acids is 4. The van der Waals surface area contributed by atoms with E-state index < -0.39 is 108 Å². The molecule has 0 saturated carbocycles. The van der Waals surface area contributed by atoms with Crippen molar-refractivity contribution in [2.75, 3.05) is 24.6 Å². The first-order chi connectivity index (χ1) is 18.6. The van der Waals surface area contributed by atoms with Crippen molar-refractivity contribution in [2.24, 2.45) is 0 Å². The van der Waals surface area contributed by atoms with E-state index in [1.54, 1.807) is 0 Å². The molecule has 0 saturated heterocycles. The van der Waals surface area contributed by atoms with Crippen LogP contribution in [0.4, 0.5) is 11.6 Å². The fraction of sp³-hybridized carbons (Fsp3) is 0.400. The molecule has 20 heteroatoms. The van der Waals surface area contributed by atoms with Gasteiger partial charge in [-0.05, 0) is 0 Å². The van der Waals surface area contributed by atoms with Crippen molar-refractivity contribution in [1.29, 1.82) is 0 Å². The average molecular weight is 570 g/mol. The highest BCUT2D eigenvalue weighted by Crippen LogP contribution is 2.13. The molecule has 0 aromatic carbocycles. The van der Waals surface area contributed by atoms with Crippen LogP contribution in [-0.2, 0) is 28.8 Å². The summed E-state index contributed by atoms with van der Waals surface area (Å²) in [4.78, 5) is 99.0. The summed E-state index contributed by atoms with van der Waals surface area (Å²) in [7, 11) is 0. The summed E-state index contributed by atoms with van der Waals surface area (Å²) in [6, 6.07) is -3.35. The molecule has 0 bridgehead atoms. The van der Waals surface area contributed by atoms with E-state index in [1.807, 2.05) is 10.6 Å². The van der Waals surface area contributed by atoms with Crippen molar-refractivity contribution in [1.82, 2.24) is 31.2 Å². The van der Waals surface area contributed by atoms with Gasteiger partial charge in [0.15, 0.2) is 23.0 Å². The second kappa shape index (κ2) is 15.0. The molecule has 0 spiro atoms. The third-order valence-electron chi connectivity index (χ3n) is 4.68. The summed E-state index contributed by atoms with van der Waals surface area (Å²) >= 11 is 0. The van der Waals surface area contributed by atoms with Gasteiger partial charge in [0, 0.05) is 25.9 Å². The molecule has 1 heterocycles. The van der Waals surface area contributed by atoms with Gasteiger partial charge in [-0.3, -0.25) is 28.8 Å². The number of hydrogen-bond acceptors (Lipinski definition) is 12. The number of hydrogen-bond donors (Lipinski definition) is 10. The Morgan fingerprint density at radius 2 is 0.950 bits per heavy atom. The van der Waals surface area contributed by atoms with E-state index in [9.17, 15) is 38.4 Å². The quantitative estimate of drug-likeness (QED) is 0.0903. The summed E-state index contributed by atoms with van der Waals surface area (Å²) in [5.41, 5.74) is 10.3. The number of amides is 4. The summed E-state index contributed by atoms with van der Waals surface area (Å²) in [6.45, 7) is -0.685. The molecule has 1 aromatic heterocycles. The van der Waals surface area contributed by atoms with Crippen LogP contribution in [0.5, 0.6) is 0 Å². The van der Waals surface area contributed by atoms with Gasteiger partial charge in [-0.25, -0.2) is 19.6 Å². The Morgan fingerprint density at radius 1 is 0.625 bits per heavy atom. The van der Waals surface area contributed by atoms with E-state index in [0.29, 0.717) is 0 Å². The number of rotatable bonds is 16. The first-order valence-corrected chi connectivity index (χ1v) is 11.1. The van der Waals surface area contributed by atoms with Crippen LogP contribution in [0.2, 0.25) is 0 Å². The Labute approximate surface area is 223 Å². The normalized spacial score (nSPS) is 11.8. The summed E-state index contributed by atoms with van der Waals surface area (Å²) < 4.78 is 0. The van der Waals surface area contributed by atoms with E-state index in [4.69, 9.17) is 31.9 Å². The van der Waals surface area contributed by atoms with Crippen molar-refractivity contribution in [3.63, 3.8) is 0 Å². The van der Waals surface area contributed by atoms with Gasteiger partial charge >= 0.3 is 23.9 Å². The van der Waals surface area contributed by atoms with E-state index in [2.05, 4.69) is 20.6 Å². The minimum absolute atomic E-state index is 0.343. The minimum Gasteiger partial charge on any atom is -0.481 e. The van der Waals surface area contributed by atoms with E-state index in [1.165, 1.54) is 0 Å². The molecule has 12 N–H and O–H groups in total. The first kappa shape index (κ1) is 32.5. The van der Waals surface area contributed by atoms with Gasteiger partial charge in [0.2, 0.25) is 11.8 Å². The lowest BCUT2D eigenvalue weighted by atomic mass is 10.2. The monoisotopic (exact) mass is 570 g/mol. The van der Waals surface area contributed by atoms with Crippen LogP contribution >= 0.6 is 0 Å². The standard InChI is InChI=1S/C20H26N8O12/c21-15-13(17(35)23-3-1-9(29)25-7(19(37)38)5-11(31)32)27-16(22)14(28-15)18(36)24-4-2-10(30)26-8(20(39)40)6-12(33)34/h7-8H,1-6H2,(H2,22,27)(H2,21,28)(H,23,35)(H,24,36)(H,25,29)(H,26,30)(H,31,32)(H,33,34)(H,37,38)(H,39,40)/t7-,8?/m1/s1. The van der Waals surface area contributed by atoms with Crippen LogP contribution in [0.1, 0.15) is 46.7 Å². The maximum absolute atomic E-state index is 12.3. The summed E-state index contributed by atoms with van der Waals surface area (Å²) in [5, 5.41) is 43.7. The fourth-order valence-electron chi connectivity index (χ4n) is 2.82. The zero-order chi connectivity index (χ0) is 30.6. The van der Waals surface area contributed by atoms with E-state index in [-0.39, 0.29) is 13.1 Å². The Bertz CT molecular complexity index is 1110. The van der Waals surface area contributed by atoms with Crippen LogP contribution in [0, 0.1) is 0 Å². The van der Waals surface area contributed by atoms with Gasteiger partial charge in [-0.1, -0.05) is 0 Å². The highest BCUT2D eigenvalue weighted by atomic mass is 16.4. The Hall–Kier alpha value is -5.56.